The van der Waals surface area contributed by atoms with Crippen molar-refractivity contribution in [2.75, 3.05) is 13.6 Å². The second-order valence-corrected chi connectivity index (χ2v) is 8.66. The number of ether oxygens (including phenoxy) is 1. The standard InChI is InChI=1S/C18H18ClF3N2O3S/c1-24-11-10-16(17(24)12-2-4-13(19)5-3-12)23-28(25,26)15-8-6-14(7-9-15)27-18(20,21)22/h2-9,16-17,23H,10-11H2,1H3/t16-,17+/m1/s1. The minimum absolute atomic E-state index is 0.133. The van der Waals surface area contributed by atoms with Crippen LogP contribution >= 0.6 is 11.6 Å². The zero-order chi connectivity index (χ0) is 20.5. The van der Waals surface area contributed by atoms with Gasteiger partial charge in [0.05, 0.1) is 10.9 Å². The van der Waals surface area contributed by atoms with E-state index in [9.17, 15) is 21.6 Å². The van der Waals surface area contributed by atoms with E-state index in [1.807, 2.05) is 24.1 Å². The summed E-state index contributed by atoms with van der Waals surface area (Å²) in [6.07, 6.45) is -4.24. The molecule has 1 saturated heterocycles. The van der Waals surface area contributed by atoms with Gasteiger partial charge in [0.25, 0.3) is 0 Å². The average Bonchev–Trinajstić information content (AvgIpc) is 2.94. The maximum atomic E-state index is 12.7. The molecule has 0 saturated carbocycles. The second-order valence-electron chi connectivity index (χ2n) is 6.51. The van der Waals surface area contributed by atoms with Crippen LogP contribution in [0.4, 0.5) is 13.2 Å². The van der Waals surface area contributed by atoms with Crippen LogP contribution in [0.5, 0.6) is 5.75 Å². The fourth-order valence-electron chi connectivity index (χ4n) is 3.30. The lowest BCUT2D eigenvalue weighted by atomic mass is 10.0. The van der Waals surface area contributed by atoms with E-state index >= 15 is 0 Å². The number of nitrogens with zero attached hydrogens (tertiary/aromatic N) is 1. The van der Waals surface area contributed by atoms with Gasteiger partial charge in [-0.05, 0) is 55.4 Å². The lowest BCUT2D eigenvalue weighted by molar-refractivity contribution is -0.274. The fraction of sp³-hybridized carbons (Fsp3) is 0.333. The monoisotopic (exact) mass is 434 g/mol. The van der Waals surface area contributed by atoms with Crippen molar-refractivity contribution in [3.63, 3.8) is 0 Å². The third kappa shape index (κ3) is 4.96. The van der Waals surface area contributed by atoms with Gasteiger partial charge in [0.1, 0.15) is 5.75 Å². The van der Waals surface area contributed by atoms with E-state index < -0.39 is 22.1 Å². The Morgan fingerprint density at radius 3 is 2.29 bits per heavy atom. The van der Waals surface area contributed by atoms with E-state index in [1.54, 1.807) is 12.1 Å². The molecule has 3 rings (SSSR count). The molecule has 1 fully saturated rings. The Morgan fingerprint density at radius 1 is 1.11 bits per heavy atom. The van der Waals surface area contributed by atoms with Gasteiger partial charge in [-0.25, -0.2) is 13.1 Å². The molecule has 1 aliphatic rings. The normalized spacial score (nSPS) is 21.0. The summed E-state index contributed by atoms with van der Waals surface area (Å²) in [5.41, 5.74) is 0.922. The van der Waals surface area contributed by atoms with Gasteiger partial charge in [-0.3, -0.25) is 4.90 Å². The SMILES string of the molecule is CN1CC[C@@H](NS(=O)(=O)c2ccc(OC(F)(F)F)cc2)[C@@H]1c1ccc(Cl)cc1. The highest BCUT2D eigenvalue weighted by Crippen LogP contribution is 2.33. The predicted molar refractivity (Wildman–Crippen MR) is 98.7 cm³/mol. The van der Waals surface area contributed by atoms with E-state index in [0.717, 1.165) is 29.8 Å². The zero-order valence-corrected chi connectivity index (χ0v) is 16.4. The number of alkyl halides is 3. The Kier molecular flexibility index (Phi) is 5.90. The number of sulfonamides is 1. The van der Waals surface area contributed by atoms with Gasteiger partial charge in [0.15, 0.2) is 0 Å². The number of hydrogen-bond acceptors (Lipinski definition) is 4. The lowest BCUT2D eigenvalue weighted by Gasteiger charge is -2.26. The van der Waals surface area contributed by atoms with Crippen LogP contribution in [0.15, 0.2) is 53.4 Å². The van der Waals surface area contributed by atoms with E-state index in [2.05, 4.69) is 9.46 Å². The van der Waals surface area contributed by atoms with Crippen molar-refractivity contribution in [3.05, 3.63) is 59.1 Å². The number of likely N-dealkylation sites (tertiary alicyclic amines) is 1. The zero-order valence-electron chi connectivity index (χ0n) is 14.8. The van der Waals surface area contributed by atoms with Crippen molar-refractivity contribution in [3.8, 4) is 5.75 Å². The number of nitrogens with one attached hydrogen (secondary N) is 1. The highest BCUT2D eigenvalue weighted by Gasteiger charge is 2.36. The molecule has 0 aromatic heterocycles. The summed E-state index contributed by atoms with van der Waals surface area (Å²) in [5, 5.41) is 0.586. The number of benzene rings is 2. The number of likely N-dealkylation sites (N-methyl/N-ethyl adjacent to an activating group) is 1. The molecule has 5 nitrogen and oxygen atoms in total. The van der Waals surface area contributed by atoms with Crippen LogP contribution in [0.2, 0.25) is 5.02 Å². The quantitative estimate of drug-likeness (QED) is 0.773. The summed E-state index contributed by atoms with van der Waals surface area (Å²) < 4.78 is 68.6. The van der Waals surface area contributed by atoms with Crippen LogP contribution in [0.1, 0.15) is 18.0 Å². The van der Waals surface area contributed by atoms with E-state index in [1.165, 1.54) is 0 Å². The summed E-state index contributed by atoms with van der Waals surface area (Å²) in [6, 6.07) is 10.7. The molecule has 2 aromatic rings. The fourth-order valence-corrected chi connectivity index (χ4v) is 4.71. The number of halogens is 4. The Balaban J connectivity index is 1.78. The molecule has 1 aliphatic heterocycles. The van der Waals surface area contributed by atoms with Crippen molar-refractivity contribution < 1.29 is 26.3 Å². The van der Waals surface area contributed by atoms with Crippen LogP contribution < -0.4 is 9.46 Å². The van der Waals surface area contributed by atoms with Crippen LogP contribution in [-0.4, -0.2) is 39.3 Å². The van der Waals surface area contributed by atoms with Crippen LogP contribution in [-0.2, 0) is 10.0 Å². The Labute approximate surface area is 166 Å². The third-order valence-corrected chi connectivity index (χ3v) is 6.29. The molecule has 10 heteroatoms. The smallest absolute Gasteiger partial charge is 0.406 e. The first-order valence-corrected chi connectivity index (χ1v) is 10.3. The highest BCUT2D eigenvalue weighted by atomic mass is 35.5. The minimum Gasteiger partial charge on any atom is -0.406 e. The molecule has 0 unspecified atom stereocenters. The van der Waals surface area contributed by atoms with Crippen molar-refractivity contribution in [1.82, 2.24) is 9.62 Å². The number of rotatable bonds is 5. The van der Waals surface area contributed by atoms with E-state index in [-0.39, 0.29) is 17.0 Å². The first kappa shape index (κ1) is 20.9. The maximum absolute atomic E-state index is 12.7. The number of hydrogen-bond donors (Lipinski definition) is 1. The van der Waals surface area contributed by atoms with Gasteiger partial charge in [-0.2, -0.15) is 0 Å². The Morgan fingerprint density at radius 2 is 1.71 bits per heavy atom. The summed E-state index contributed by atoms with van der Waals surface area (Å²) in [6.45, 7) is 0.693. The van der Waals surface area contributed by atoms with Gasteiger partial charge < -0.3 is 4.74 Å². The molecule has 0 aliphatic carbocycles. The summed E-state index contributed by atoms with van der Waals surface area (Å²) in [4.78, 5) is 1.91. The second kappa shape index (κ2) is 7.90. The van der Waals surface area contributed by atoms with Crippen molar-refractivity contribution in [1.29, 1.82) is 0 Å². The topological polar surface area (TPSA) is 58.6 Å². The minimum atomic E-state index is -4.83. The van der Waals surface area contributed by atoms with Crippen LogP contribution in [0.25, 0.3) is 0 Å². The first-order chi connectivity index (χ1) is 13.0. The molecule has 2 aromatic carbocycles. The molecule has 152 valence electrons. The summed E-state index contributed by atoms with van der Waals surface area (Å²) in [7, 11) is -2.02. The van der Waals surface area contributed by atoms with Crippen LogP contribution in [0, 0.1) is 0 Å². The molecule has 0 radical (unpaired) electrons. The molecule has 1 N–H and O–H groups in total. The van der Waals surface area contributed by atoms with Crippen LogP contribution in [0.3, 0.4) is 0 Å². The molecule has 0 spiro atoms. The highest BCUT2D eigenvalue weighted by molar-refractivity contribution is 7.89. The van der Waals surface area contributed by atoms with Gasteiger partial charge >= 0.3 is 6.36 Å². The lowest BCUT2D eigenvalue weighted by Crippen LogP contribution is -2.38. The predicted octanol–water partition coefficient (Wildman–Crippen LogP) is 3.96. The molecular formula is C18H18ClF3N2O3S. The van der Waals surface area contributed by atoms with Gasteiger partial charge in [0.2, 0.25) is 10.0 Å². The summed E-state index contributed by atoms with van der Waals surface area (Å²) in [5.74, 6) is -0.480. The average molecular weight is 435 g/mol. The van der Waals surface area contributed by atoms with Gasteiger partial charge in [-0.1, -0.05) is 23.7 Å². The van der Waals surface area contributed by atoms with E-state index in [0.29, 0.717) is 18.0 Å². The van der Waals surface area contributed by atoms with E-state index in [4.69, 9.17) is 11.6 Å². The Bertz CT molecular complexity index is 919. The van der Waals surface area contributed by atoms with Crippen molar-refractivity contribution in [2.45, 2.75) is 29.8 Å². The first-order valence-electron chi connectivity index (χ1n) is 8.39. The molecule has 1 heterocycles. The molecule has 0 bridgehead atoms. The largest absolute Gasteiger partial charge is 0.573 e. The van der Waals surface area contributed by atoms with Crippen molar-refractivity contribution >= 4 is 21.6 Å². The van der Waals surface area contributed by atoms with Crippen molar-refractivity contribution in [2.24, 2.45) is 0 Å². The van der Waals surface area contributed by atoms with Gasteiger partial charge in [-0.15, -0.1) is 13.2 Å². The molecule has 2 atom stereocenters. The molecular weight excluding hydrogens is 417 g/mol. The third-order valence-electron chi connectivity index (χ3n) is 4.53. The Hall–Kier alpha value is -1.81. The van der Waals surface area contributed by atoms with Gasteiger partial charge in [0, 0.05) is 17.6 Å². The maximum Gasteiger partial charge on any atom is 0.573 e. The molecule has 28 heavy (non-hydrogen) atoms. The summed E-state index contributed by atoms with van der Waals surface area (Å²) >= 11 is 5.92. The molecule has 0 amide bonds.